The van der Waals surface area contributed by atoms with Crippen molar-refractivity contribution in [3.05, 3.63) is 34.8 Å². The van der Waals surface area contributed by atoms with Crippen LogP contribution in [0.2, 0.25) is 5.02 Å². The maximum Gasteiger partial charge on any atom is 0.114 e. The highest BCUT2D eigenvalue weighted by Gasteiger charge is 2.04. The van der Waals surface area contributed by atoms with Gasteiger partial charge in [-0.25, -0.2) is 4.98 Å². The van der Waals surface area contributed by atoms with E-state index in [4.69, 9.17) is 17.3 Å². The molecule has 0 unspecified atom stereocenters. The maximum atomic E-state index is 5.85. The van der Waals surface area contributed by atoms with Crippen LogP contribution < -0.4 is 5.73 Å². The van der Waals surface area contributed by atoms with Crippen molar-refractivity contribution in [3.63, 3.8) is 0 Å². The lowest BCUT2D eigenvalue weighted by Crippen LogP contribution is -1.85. The number of nitrogens with zero attached hydrogens (tertiary/aromatic N) is 1. The Morgan fingerprint density at radius 3 is 2.85 bits per heavy atom. The number of hydrogen-bond acceptors (Lipinski definition) is 3. The van der Waals surface area contributed by atoms with Gasteiger partial charge in [-0.1, -0.05) is 23.7 Å². The molecule has 0 aliphatic heterocycles. The Hall–Kier alpha value is -1.06. The van der Waals surface area contributed by atoms with E-state index in [0.29, 0.717) is 5.02 Å². The molecule has 0 fully saturated rings. The molecule has 0 aliphatic rings. The van der Waals surface area contributed by atoms with E-state index in [0.717, 1.165) is 16.3 Å². The molecule has 66 valence electrons. The molecule has 0 saturated carbocycles. The molecular formula is C9H7ClN2S. The highest BCUT2D eigenvalue weighted by molar-refractivity contribution is 7.14. The quantitative estimate of drug-likeness (QED) is 0.786. The molecule has 1 heterocycles. The summed E-state index contributed by atoms with van der Waals surface area (Å²) in [5.41, 5.74) is 9.24. The Bertz CT molecular complexity index is 425. The molecule has 2 rings (SSSR count). The van der Waals surface area contributed by atoms with Crippen LogP contribution in [0.5, 0.6) is 0 Å². The molecule has 2 aromatic rings. The maximum absolute atomic E-state index is 5.85. The van der Waals surface area contributed by atoms with Crippen molar-refractivity contribution in [3.8, 4) is 11.3 Å². The zero-order chi connectivity index (χ0) is 9.26. The second kappa shape index (κ2) is 3.36. The lowest BCUT2D eigenvalue weighted by molar-refractivity contribution is 1.41. The van der Waals surface area contributed by atoms with Crippen molar-refractivity contribution < 1.29 is 0 Å². The van der Waals surface area contributed by atoms with E-state index in [1.165, 1.54) is 11.3 Å². The van der Waals surface area contributed by atoms with Crippen molar-refractivity contribution in [1.82, 2.24) is 4.98 Å². The first-order chi connectivity index (χ1) is 6.27. The van der Waals surface area contributed by atoms with Gasteiger partial charge in [0.1, 0.15) is 10.7 Å². The van der Waals surface area contributed by atoms with E-state index in [2.05, 4.69) is 4.98 Å². The number of rotatable bonds is 1. The van der Waals surface area contributed by atoms with Crippen molar-refractivity contribution >= 4 is 27.9 Å². The monoisotopic (exact) mass is 210 g/mol. The van der Waals surface area contributed by atoms with E-state index >= 15 is 0 Å². The third-order valence-corrected chi connectivity index (χ3v) is 2.59. The first-order valence-electron chi connectivity index (χ1n) is 3.72. The summed E-state index contributed by atoms with van der Waals surface area (Å²) in [4.78, 5) is 4.16. The van der Waals surface area contributed by atoms with Gasteiger partial charge >= 0.3 is 0 Å². The minimum Gasteiger partial charge on any atom is -0.389 e. The summed E-state index contributed by atoms with van der Waals surface area (Å²) in [6.07, 6.45) is 0. The molecule has 0 amide bonds. The summed E-state index contributed by atoms with van der Waals surface area (Å²) >= 11 is 7.28. The summed E-state index contributed by atoms with van der Waals surface area (Å²) < 4.78 is 0. The van der Waals surface area contributed by atoms with E-state index in [-0.39, 0.29) is 0 Å². The average Bonchev–Trinajstić information content (AvgIpc) is 2.51. The predicted octanol–water partition coefficient (Wildman–Crippen LogP) is 3.05. The normalized spacial score (nSPS) is 10.2. The van der Waals surface area contributed by atoms with Crippen LogP contribution in [0.25, 0.3) is 11.3 Å². The van der Waals surface area contributed by atoms with Crippen LogP contribution in [-0.4, -0.2) is 4.98 Å². The number of nitrogen functional groups attached to an aromatic ring is 1. The molecule has 0 spiro atoms. The highest BCUT2D eigenvalue weighted by Crippen LogP contribution is 2.28. The fraction of sp³-hybridized carbons (Fsp3) is 0. The third kappa shape index (κ3) is 1.66. The topological polar surface area (TPSA) is 38.9 Å². The second-order valence-corrected chi connectivity index (χ2v) is 3.90. The minimum absolute atomic E-state index is 0.699. The van der Waals surface area contributed by atoms with Crippen LogP contribution >= 0.6 is 22.9 Å². The third-order valence-electron chi connectivity index (χ3n) is 1.69. The smallest absolute Gasteiger partial charge is 0.114 e. The second-order valence-electron chi connectivity index (χ2n) is 2.58. The van der Waals surface area contributed by atoms with Crippen LogP contribution in [0.15, 0.2) is 29.8 Å². The van der Waals surface area contributed by atoms with Crippen LogP contribution in [-0.2, 0) is 0 Å². The van der Waals surface area contributed by atoms with Crippen LogP contribution in [0, 0.1) is 0 Å². The minimum atomic E-state index is 0.699. The first-order valence-corrected chi connectivity index (χ1v) is 4.98. The van der Waals surface area contributed by atoms with E-state index in [1.54, 1.807) is 5.51 Å². The molecular weight excluding hydrogens is 204 g/mol. The van der Waals surface area contributed by atoms with Gasteiger partial charge in [0, 0.05) is 10.6 Å². The van der Waals surface area contributed by atoms with Crippen molar-refractivity contribution in [2.75, 3.05) is 5.73 Å². The van der Waals surface area contributed by atoms with E-state index < -0.39 is 0 Å². The van der Waals surface area contributed by atoms with Gasteiger partial charge in [-0.15, -0.1) is 11.3 Å². The van der Waals surface area contributed by atoms with Gasteiger partial charge in [0.15, 0.2) is 0 Å². The van der Waals surface area contributed by atoms with Gasteiger partial charge < -0.3 is 5.73 Å². The fourth-order valence-electron chi connectivity index (χ4n) is 1.11. The van der Waals surface area contributed by atoms with Gasteiger partial charge in [-0.05, 0) is 12.1 Å². The van der Waals surface area contributed by atoms with Crippen molar-refractivity contribution in [2.45, 2.75) is 0 Å². The molecule has 4 heteroatoms. The zero-order valence-electron chi connectivity index (χ0n) is 6.70. The number of aromatic nitrogens is 1. The van der Waals surface area contributed by atoms with Gasteiger partial charge in [0.2, 0.25) is 0 Å². The summed E-state index contributed by atoms with van der Waals surface area (Å²) in [6, 6.07) is 7.51. The molecule has 0 atom stereocenters. The number of thiazole rings is 1. The number of anilines is 1. The Labute approximate surface area is 85.0 Å². The fourth-order valence-corrected chi connectivity index (χ4v) is 1.85. The van der Waals surface area contributed by atoms with Gasteiger partial charge in [0.05, 0.1) is 5.51 Å². The Kier molecular flexibility index (Phi) is 2.20. The SMILES string of the molecule is Nc1scnc1-c1cccc(Cl)c1. The molecule has 2 N–H and O–H groups in total. The molecule has 1 aromatic carbocycles. The Balaban J connectivity index is 2.53. The molecule has 0 bridgehead atoms. The summed E-state index contributed by atoms with van der Waals surface area (Å²) in [5, 5.41) is 1.42. The highest BCUT2D eigenvalue weighted by atomic mass is 35.5. The number of nitrogens with two attached hydrogens (primary N) is 1. The molecule has 0 saturated heterocycles. The summed E-state index contributed by atoms with van der Waals surface area (Å²) in [6.45, 7) is 0. The number of hydrogen-bond donors (Lipinski definition) is 1. The zero-order valence-corrected chi connectivity index (χ0v) is 8.27. The molecule has 13 heavy (non-hydrogen) atoms. The van der Waals surface area contributed by atoms with E-state index in [9.17, 15) is 0 Å². The van der Waals surface area contributed by atoms with Gasteiger partial charge in [-0.2, -0.15) is 0 Å². The molecule has 1 aromatic heterocycles. The lowest BCUT2D eigenvalue weighted by atomic mass is 10.2. The lowest BCUT2D eigenvalue weighted by Gasteiger charge is -1.98. The van der Waals surface area contributed by atoms with E-state index in [1.807, 2.05) is 24.3 Å². The van der Waals surface area contributed by atoms with Crippen LogP contribution in [0.4, 0.5) is 5.00 Å². The molecule has 0 radical (unpaired) electrons. The Morgan fingerprint density at radius 2 is 2.23 bits per heavy atom. The average molecular weight is 211 g/mol. The first kappa shape index (κ1) is 8.53. The van der Waals surface area contributed by atoms with Crippen LogP contribution in [0.3, 0.4) is 0 Å². The summed E-state index contributed by atoms with van der Waals surface area (Å²) in [5.74, 6) is 0. The molecule has 2 nitrogen and oxygen atoms in total. The largest absolute Gasteiger partial charge is 0.389 e. The van der Waals surface area contributed by atoms with Gasteiger partial charge in [-0.3, -0.25) is 0 Å². The van der Waals surface area contributed by atoms with Crippen molar-refractivity contribution in [1.29, 1.82) is 0 Å². The summed E-state index contributed by atoms with van der Waals surface area (Å²) in [7, 11) is 0. The van der Waals surface area contributed by atoms with Crippen molar-refractivity contribution in [2.24, 2.45) is 0 Å². The van der Waals surface area contributed by atoms with Gasteiger partial charge in [0.25, 0.3) is 0 Å². The number of halogens is 1. The standard InChI is InChI=1S/C9H7ClN2S/c10-7-3-1-2-6(4-7)8-9(11)13-5-12-8/h1-5H,11H2. The number of benzene rings is 1. The Morgan fingerprint density at radius 1 is 1.38 bits per heavy atom. The predicted molar refractivity (Wildman–Crippen MR) is 57.0 cm³/mol. The molecule has 0 aliphatic carbocycles. The van der Waals surface area contributed by atoms with Crippen LogP contribution in [0.1, 0.15) is 0 Å².